The first-order valence-electron chi connectivity index (χ1n) is 6.95. The fraction of sp³-hybridized carbons (Fsp3) is 0.933. The van der Waals surface area contributed by atoms with Crippen LogP contribution in [0.25, 0.3) is 0 Å². The molecule has 0 heterocycles. The molecule has 106 valence electrons. The second kappa shape index (κ2) is 7.11. The minimum atomic E-state index is -0.392. The standard InChI is InChI=1S/C15H31N3/c1-13(2)17-15(6,11-16)9-8-10-18(7)12-14(3,4)5/h13,17H,8-10,12H2,1-7H3. The van der Waals surface area contributed by atoms with Gasteiger partial charge in [0.15, 0.2) is 0 Å². The topological polar surface area (TPSA) is 39.1 Å². The van der Waals surface area contributed by atoms with Crippen molar-refractivity contribution in [1.82, 2.24) is 10.2 Å². The van der Waals surface area contributed by atoms with E-state index >= 15 is 0 Å². The molecule has 0 aromatic heterocycles. The van der Waals surface area contributed by atoms with Crippen LogP contribution in [0.15, 0.2) is 0 Å². The Morgan fingerprint density at radius 3 is 2.17 bits per heavy atom. The molecule has 0 aliphatic heterocycles. The molecule has 0 aromatic carbocycles. The summed E-state index contributed by atoms with van der Waals surface area (Å²) in [6, 6.07) is 2.75. The van der Waals surface area contributed by atoms with Gasteiger partial charge in [0, 0.05) is 12.6 Å². The van der Waals surface area contributed by atoms with Gasteiger partial charge in [-0.3, -0.25) is 5.32 Å². The van der Waals surface area contributed by atoms with Crippen molar-refractivity contribution in [2.24, 2.45) is 5.41 Å². The number of hydrogen-bond acceptors (Lipinski definition) is 3. The van der Waals surface area contributed by atoms with E-state index in [0.29, 0.717) is 11.5 Å². The lowest BCUT2D eigenvalue weighted by Gasteiger charge is -2.29. The van der Waals surface area contributed by atoms with E-state index in [0.717, 1.165) is 25.9 Å². The first kappa shape index (κ1) is 17.4. The third kappa shape index (κ3) is 8.49. The smallest absolute Gasteiger partial charge is 0.104 e. The van der Waals surface area contributed by atoms with Crippen molar-refractivity contribution in [1.29, 1.82) is 5.26 Å². The van der Waals surface area contributed by atoms with Gasteiger partial charge in [-0.15, -0.1) is 0 Å². The normalized spacial score (nSPS) is 15.8. The van der Waals surface area contributed by atoms with Gasteiger partial charge in [-0.05, 0) is 52.6 Å². The molecule has 1 atom stereocenters. The molecule has 0 aliphatic carbocycles. The summed E-state index contributed by atoms with van der Waals surface area (Å²) < 4.78 is 0. The Morgan fingerprint density at radius 2 is 1.78 bits per heavy atom. The lowest BCUT2D eigenvalue weighted by atomic mass is 9.94. The monoisotopic (exact) mass is 253 g/mol. The average molecular weight is 253 g/mol. The molecule has 0 amide bonds. The van der Waals surface area contributed by atoms with Crippen molar-refractivity contribution in [3.8, 4) is 6.07 Å². The molecule has 1 unspecified atom stereocenters. The molecule has 0 radical (unpaired) electrons. The highest BCUT2D eigenvalue weighted by molar-refractivity contribution is 5.04. The van der Waals surface area contributed by atoms with Crippen LogP contribution in [-0.2, 0) is 0 Å². The van der Waals surface area contributed by atoms with Crippen LogP contribution in [0.2, 0.25) is 0 Å². The van der Waals surface area contributed by atoms with E-state index in [2.05, 4.69) is 58.0 Å². The second-order valence-electron chi connectivity index (χ2n) is 7.14. The lowest BCUT2D eigenvalue weighted by molar-refractivity contribution is 0.217. The van der Waals surface area contributed by atoms with E-state index in [1.54, 1.807) is 0 Å². The number of rotatable bonds is 7. The largest absolute Gasteiger partial charge is 0.306 e. The van der Waals surface area contributed by atoms with Crippen LogP contribution >= 0.6 is 0 Å². The van der Waals surface area contributed by atoms with Gasteiger partial charge in [0.05, 0.1) is 6.07 Å². The molecule has 0 aromatic rings. The van der Waals surface area contributed by atoms with Crippen LogP contribution in [0, 0.1) is 16.7 Å². The average Bonchev–Trinajstić information content (AvgIpc) is 2.13. The lowest BCUT2D eigenvalue weighted by Crippen LogP contribution is -2.45. The molecule has 0 fully saturated rings. The summed E-state index contributed by atoms with van der Waals surface area (Å²) >= 11 is 0. The number of nitrogens with one attached hydrogen (secondary N) is 1. The van der Waals surface area contributed by atoms with Crippen molar-refractivity contribution in [3.63, 3.8) is 0 Å². The molecule has 3 nitrogen and oxygen atoms in total. The Balaban J connectivity index is 4.06. The summed E-state index contributed by atoms with van der Waals surface area (Å²) in [5.74, 6) is 0. The number of nitriles is 1. The zero-order valence-corrected chi connectivity index (χ0v) is 13.3. The Bertz CT molecular complexity index is 272. The van der Waals surface area contributed by atoms with Crippen LogP contribution < -0.4 is 5.32 Å². The van der Waals surface area contributed by atoms with E-state index in [4.69, 9.17) is 0 Å². The summed E-state index contributed by atoms with van der Waals surface area (Å²) in [5, 5.41) is 12.6. The molecule has 0 saturated heterocycles. The molecule has 0 bridgehead atoms. The summed E-state index contributed by atoms with van der Waals surface area (Å²) in [6.45, 7) is 15.1. The highest BCUT2D eigenvalue weighted by Gasteiger charge is 2.24. The maximum absolute atomic E-state index is 9.26. The third-order valence-electron chi connectivity index (χ3n) is 2.81. The van der Waals surface area contributed by atoms with Crippen molar-refractivity contribution < 1.29 is 0 Å². The van der Waals surface area contributed by atoms with Gasteiger partial charge in [-0.2, -0.15) is 5.26 Å². The van der Waals surface area contributed by atoms with Gasteiger partial charge in [-0.25, -0.2) is 0 Å². The fourth-order valence-corrected chi connectivity index (χ4v) is 2.39. The van der Waals surface area contributed by atoms with Gasteiger partial charge in [-0.1, -0.05) is 20.8 Å². The van der Waals surface area contributed by atoms with Crippen LogP contribution in [0.1, 0.15) is 54.4 Å². The second-order valence-corrected chi connectivity index (χ2v) is 7.14. The minimum absolute atomic E-state index is 0.337. The summed E-state index contributed by atoms with van der Waals surface area (Å²) in [6.07, 6.45) is 1.95. The molecule has 3 heteroatoms. The molecule has 0 saturated carbocycles. The zero-order chi connectivity index (χ0) is 14.4. The zero-order valence-electron chi connectivity index (χ0n) is 13.3. The van der Waals surface area contributed by atoms with Crippen molar-refractivity contribution in [2.75, 3.05) is 20.1 Å². The van der Waals surface area contributed by atoms with Crippen LogP contribution in [-0.4, -0.2) is 36.6 Å². The Labute approximate surface area is 114 Å². The molecule has 0 spiro atoms. The minimum Gasteiger partial charge on any atom is -0.306 e. The van der Waals surface area contributed by atoms with Gasteiger partial charge in [0.1, 0.15) is 5.54 Å². The predicted molar refractivity (Wildman–Crippen MR) is 78.5 cm³/mol. The van der Waals surface area contributed by atoms with Crippen molar-refractivity contribution >= 4 is 0 Å². The van der Waals surface area contributed by atoms with Crippen LogP contribution in [0.4, 0.5) is 0 Å². The maximum Gasteiger partial charge on any atom is 0.104 e. The fourth-order valence-electron chi connectivity index (χ4n) is 2.39. The van der Waals surface area contributed by atoms with Gasteiger partial charge in [0.2, 0.25) is 0 Å². The number of nitrogens with zero attached hydrogens (tertiary/aromatic N) is 2. The molecule has 0 rings (SSSR count). The summed E-state index contributed by atoms with van der Waals surface area (Å²) in [7, 11) is 2.16. The van der Waals surface area contributed by atoms with Gasteiger partial charge < -0.3 is 4.90 Å². The molecule has 1 N–H and O–H groups in total. The Hall–Kier alpha value is -0.590. The first-order chi connectivity index (χ1) is 8.08. The predicted octanol–water partition coefficient (Wildman–Crippen LogP) is 3.02. The van der Waals surface area contributed by atoms with Crippen molar-refractivity contribution in [2.45, 2.75) is 66.0 Å². The Morgan fingerprint density at radius 1 is 1.22 bits per heavy atom. The quantitative estimate of drug-likeness (QED) is 0.758. The van der Waals surface area contributed by atoms with E-state index in [-0.39, 0.29) is 0 Å². The highest BCUT2D eigenvalue weighted by atomic mass is 15.1. The van der Waals surface area contributed by atoms with Crippen LogP contribution in [0.3, 0.4) is 0 Å². The Kier molecular flexibility index (Phi) is 6.88. The third-order valence-corrected chi connectivity index (χ3v) is 2.81. The van der Waals surface area contributed by atoms with Gasteiger partial charge in [0.25, 0.3) is 0 Å². The molecular weight excluding hydrogens is 222 g/mol. The molecule has 18 heavy (non-hydrogen) atoms. The maximum atomic E-state index is 9.26. The van der Waals surface area contributed by atoms with E-state index in [1.807, 2.05) is 6.92 Å². The van der Waals surface area contributed by atoms with E-state index in [9.17, 15) is 5.26 Å². The molecular formula is C15H31N3. The van der Waals surface area contributed by atoms with Crippen molar-refractivity contribution in [3.05, 3.63) is 0 Å². The summed E-state index contributed by atoms with van der Waals surface area (Å²) in [4.78, 5) is 2.35. The summed E-state index contributed by atoms with van der Waals surface area (Å²) in [5.41, 5.74) is -0.0554. The van der Waals surface area contributed by atoms with Gasteiger partial charge >= 0.3 is 0 Å². The molecule has 0 aliphatic rings. The number of hydrogen-bond donors (Lipinski definition) is 1. The van der Waals surface area contributed by atoms with E-state index in [1.165, 1.54) is 0 Å². The van der Waals surface area contributed by atoms with Crippen LogP contribution in [0.5, 0.6) is 0 Å². The first-order valence-corrected chi connectivity index (χ1v) is 6.95. The highest BCUT2D eigenvalue weighted by Crippen LogP contribution is 2.16. The SMILES string of the molecule is CC(C)NC(C)(C#N)CCCN(C)CC(C)(C)C. The van der Waals surface area contributed by atoms with E-state index < -0.39 is 5.54 Å².